The summed E-state index contributed by atoms with van der Waals surface area (Å²) in [6, 6.07) is 7.28. The van der Waals surface area contributed by atoms with Gasteiger partial charge in [-0.1, -0.05) is 32.6 Å². The maximum Gasteiger partial charge on any atom is 0.362 e. The van der Waals surface area contributed by atoms with Crippen LogP contribution in [0, 0.1) is 10.1 Å². The van der Waals surface area contributed by atoms with Gasteiger partial charge in [-0.05, 0) is 29.2 Å². The standard InChI is InChI=1S/C14H10BrClN6O4/c15-8-1-3-10(4-2-8)26-7-21-6-9(5-17-21)18-14(23)12-11(16)13(20-19-12)22(24)25/h1-6H,7H2,(H,18,23)(H,19,20). The first-order chi connectivity index (χ1) is 12.4. The second-order valence-electron chi connectivity index (χ2n) is 4.94. The highest BCUT2D eigenvalue weighted by Gasteiger charge is 2.25. The van der Waals surface area contributed by atoms with E-state index in [1.807, 2.05) is 12.1 Å². The average molecular weight is 442 g/mol. The predicted octanol–water partition coefficient (Wildman–Crippen LogP) is 3.22. The normalized spacial score (nSPS) is 10.5. The zero-order valence-corrected chi connectivity index (χ0v) is 15.2. The number of amides is 1. The first-order valence-electron chi connectivity index (χ1n) is 7.04. The van der Waals surface area contributed by atoms with Crippen molar-refractivity contribution in [2.24, 2.45) is 0 Å². The number of halogens is 2. The number of hydrogen-bond donors (Lipinski definition) is 2. The van der Waals surface area contributed by atoms with Gasteiger partial charge < -0.3 is 20.2 Å². The summed E-state index contributed by atoms with van der Waals surface area (Å²) in [6.45, 7) is 0.131. The average Bonchev–Trinajstić information content (AvgIpc) is 3.20. The number of benzene rings is 1. The molecular formula is C14H10BrClN6O4. The van der Waals surface area contributed by atoms with E-state index in [1.165, 1.54) is 17.1 Å². The Balaban J connectivity index is 1.62. The summed E-state index contributed by atoms with van der Waals surface area (Å²) in [5.74, 6) is -0.590. The second kappa shape index (κ2) is 7.54. The number of nitrogens with zero attached hydrogens (tertiary/aromatic N) is 4. The molecule has 0 aliphatic rings. The molecule has 3 aromatic rings. The molecule has 26 heavy (non-hydrogen) atoms. The number of H-pyrrole nitrogens is 1. The van der Waals surface area contributed by atoms with Gasteiger partial charge in [0.2, 0.25) is 0 Å². The fourth-order valence-corrected chi connectivity index (χ4v) is 2.45. The number of nitrogens with one attached hydrogen (secondary N) is 2. The topological polar surface area (TPSA) is 128 Å². The lowest BCUT2D eigenvalue weighted by molar-refractivity contribution is -0.389. The van der Waals surface area contributed by atoms with Crippen molar-refractivity contribution < 1.29 is 14.5 Å². The van der Waals surface area contributed by atoms with Crippen LogP contribution in [0.25, 0.3) is 0 Å². The first-order valence-corrected chi connectivity index (χ1v) is 8.21. The minimum Gasteiger partial charge on any atom is -0.471 e. The van der Waals surface area contributed by atoms with Gasteiger partial charge >= 0.3 is 5.82 Å². The van der Waals surface area contributed by atoms with E-state index in [4.69, 9.17) is 16.3 Å². The van der Waals surface area contributed by atoms with Crippen LogP contribution >= 0.6 is 27.5 Å². The molecule has 0 saturated carbocycles. The maximum atomic E-state index is 12.1. The molecule has 3 rings (SSSR count). The first kappa shape index (κ1) is 17.9. The fourth-order valence-electron chi connectivity index (χ4n) is 1.95. The molecule has 12 heteroatoms. The van der Waals surface area contributed by atoms with Gasteiger partial charge in [-0.3, -0.25) is 4.79 Å². The number of carbonyl (C=O) groups excluding carboxylic acids is 1. The fraction of sp³-hybridized carbons (Fsp3) is 0.0714. The minimum atomic E-state index is -0.760. The number of aromatic amines is 1. The molecule has 134 valence electrons. The van der Waals surface area contributed by atoms with Crippen molar-refractivity contribution in [1.29, 1.82) is 0 Å². The predicted molar refractivity (Wildman–Crippen MR) is 95.2 cm³/mol. The molecule has 0 aliphatic heterocycles. The van der Waals surface area contributed by atoms with Crippen LogP contribution in [0.4, 0.5) is 11.5 Å². The summed E-state index contributed by atoms with van der Waals surface area (Å²) in [7, 11) is 0. The van der Waals surface area contributed by atoms with Crippen LogP contribution in [-0.4, -0.2) is 30.8 Å². The highest BCUT2D eigenvalue weighted by atomic mass is 79.9. The monoisotopic (exact) mass is 440 g/mol. The number of anilines is 1. The number of rotatable bonds is 6. The van der Waals surface area contributed by atoms with Crippen molar-refractivity contribution in [3.05, 3.63) is 62.0 Å². The third-order valence-electron chi connectivity index (χ3n) is 3.16. The number of hydrogen-bond acceptors (Lipinski definition) is 6. The number of aromatic nitrogens is 4. The van der Waals surface area contributed by atoms with E-state index in [-0.39, 0.29) is 17.4 Å². The van der Waals surface area contributed by atoms with Gasteiger partial charge in [-0.15, -0.1) is 5.10 Å². The molecule has 2 heterocycles. The summed E-state index contributed by atoms with van der Waals surface area (Å²) < 4.78 is 7.95. The molecule has 0 bridgehead atoms. The van der Waals surface area contributed by atoms with E-state index in [0.717, 1.165) is 4.47 Å². The van der Waals surface area contributed by atoms with Crippen LogP contribution in [-0.2, 0) is 6.73 Å². The Morgan fingerprint density at radius 2 is 2.15 bits per heavy atom. The van der Waals surface area contributed by atoms with Crippen LogP contribution in [0.2, 0.25) is 5.02 Å². The number of carbonyl (C=O) groups is 1. The van der Waals surface area contributed by atoms with Gasteiger partial charge in [0.25, 0.3) is 5.91 Å². The molecular weight excluding hydrogens is 432 g/mol. The van der Waals surface area contributed by atoms with E-state index in [1.54, 1.807) is 12.1 Å². The molecule has 1 amide bonds. The van der Waals surface area contributed by atoms with Crippen LogP contribution in [0.1, 0.15) is 10.5 Å². The van der Waals surface area contributed by atoms with Crippen molar-refractivity contribution in [3.63, 3.8) is 0 Å². The largest absolute Gasteiger partial charge is 0.471 e. The zero-order valence-electron chi connectivity index (χ0n) is 12.8. The van der Waals surface area contributed by atoms with Crippen molar-refractivity contribution >= 4 is 44.9 Å². The Kier molecular flexibility index (Phi) is 5.19. The van der Waals surface area contributed by atoms with Crippen LogP contribution in [0.5, 0.6) is 5.75 Å². The van der Waals surface area contributed by atoms with E-state index >= 15 is 0 Å². The molecule has 10 nitrogen and oxygen atoms in total. The third kappa shape index (κ3) is 4.00. The molecule has 0 spiro atoms. The molecule has 0 fully saturated rings. The highest BCUT2D eigenvalue weighted by Crippen LogP contribution is 2.25. The smallest absolute Gasteiger partial charge is 0.362 e. The number of ether oxygens (including phenoxy) is 1. The Hall–Kier alpha value is -2.92. The SMILES string of the molecule is O=C(Nc1cnn(COc2ccc(Br)cc2)c1)c1n[nH]c([N+](=O)[O-])c1Cl. The molecule has 1 aromatic carbocycles. The lowest BCUT2D eigenvalue weighted by atomic mass is 10.3. The van der Waals surface area contributed by atoms with Crippen LogP contribution in [0.15, 0.2) is 41.1 Å². The summed E-state index contributed by atoms with van der Waals surface area (Å²) in [4.78, 5) is 22.1. The van der Waals surface area contributed by atoms with Crippen LogP contribution < -0.4 is 10.1 Å². The summed E-state index contributed by atoms with van der Waals surface area (Å²) in [6.07, 6.45) is 2.93. The Bertz CT molecular complexity index is 955. The molecule has 0 radical (unpaired) electrons. The van der Waals surface area contributed by atoms with Gasteiger partial charge in [0.1, 0.15) is 5.75 Å². The Labute approximate surface area is 159 Å². The molecule has 2 N–H and O–H groups in total. The van der Waals surface area contributed by atoms with Gasteiger partial charge in [-0.2, -0.15) is 5.10 Å². The summed E-state index contributed by atoms with van der Waals surface area (Å²) in [5.41, 5.74) is 0.0772. The van der Waals surface area contributed by atoms with E-state index in [9.17, 15) is 14.9 Å². The lowest BCUT2D eigenvalue weighted by Gasteiger charge is -2.05. The quantitative estimate of drug-likeness (QED) is 0.446. The molecule has 0 unspecified atom stereocenters. The van der Waals surface area contributed by atoms with Crippen LogP contribution in [0.3, 0.4) is 0 Å². The summed E-state index contributed by atoms with van der Waals surface area (Å²) in [5, 5.41) is 22.6. The van der Waals surface area contributed by atoms with E-state index < -0.39 is 16.6 Å². The highest BCUT2D eigenvalue weighted by molar-refractivity contribution is 9.10. The van der Waals surface area contributed by atoms with Gasteiger partial charge in [0.05, 0.1) is 18.1 Å². The van der Waals surface area contributed by atoms with Gasteiger partial charge in [0, 0.05) is 4.47 Å². The molecule has 0 aliphatic carbocycles. The Morgan fingerprint density at radius 1 is 1.42 bits per heavy atom. The summed E-state index contributed by atoms with van der Waals surface area (Å²) >= 11 is 9.11. The van der Waals surface area contributed by atoms with Crippen molar-refractivity contribution in [2.45, 2.75) is 6.73 Å². The van der Waals surface area contributed by atoms with Gasteiger partial charge in [0.15, 0.2) is 17.4 Å². The lowest BCUT2D eigenvalue weighted by Crippen LogP contribution is -2.12. The maximum absolute atomic E-state index is 12.1. The van der Waals surface area contributed by atoms with Crippen molar-refractivity contribution in [3.8, 4) is 5.75 Å². The molecule has 0 saturated heterocycles. The van der Waals surface area contributed by atoms with Gasteiger partial charge in [-0.25, -0.2) is 4.68 Å². The van der Waals surface area contributed by atoms with Crippen molar-refractivity contribution in [1.82, 2.24) is 20.0 Å². The van der Waals surface area contributed by atoms with E-state index in [0.29, 0.717) is 11.4 Å². The molecule has 0 atom stereocenters. The minimum absolute atomic E-state index is 0.131. The molecule has 2 aromatic heterocycles. The second-order valence-corrected chi connectivity index (χ2v) is 6.24. The zero-order chi connectivity index (χ0) is 18.7. The Morgan fingerprint density at radius 3 is 2.81 bits per heavy atom. The van der Waals surface area contributed by atoms with Crippen molar-refractivity contribution in [2.75, 3.05) is 5.32 Å². The van der Waals surface area contributed by atoms with E-state index in [2.05, 4.69) is 36.5 Å². The third-order valence-corrected chi connectivity index (χ3v) is 4.04. The number of nitro groups is 1.